The van der Waals surface area contributed by atoms with Crippen LogP contribution in [0, 0.1) is 13.8 Å². The van der Waals surface area contributed by atoms with Crippen molar-refractivity contribution in [2.75, 3.05) is 18.5 Å². The predicted octanol–water partition coefficient (Wildman–Crippen LogP) is 3.78. The molecular weight excluding hydrogens is 396 g/mol. The summed E-state index contributed by atoms with van der Waals surface area (Å²) in [5.74, 6) is -0.862. The largest absolute Gasteiger partial charge is 0.494 e. The Bertz CT molecular complexity index is 909. The summed E-state index contributed by atoms with van der Waals surface area (Å²) < 4.78 is 10.7. The van der Waals surface area contributed by atoms with Crippen LogP contribution in [-0.2, 0) is 14.3 Å². The number of carbonyl (C=O) groups is 3. The molecule has 2 amide bonds. The summed E-state index contributed by atoms with van der Waals surface area (Å²) in [6, 6.07) is 12.3. The molecule has 2 aromatic rings. The van der Waals surface area contributed by atoms with Crippen LogP contribution in [0.25, 0.3) is 0 Å². The third-order valence-electron chi connectivity index (χ3n) is 4.59. The zero-order valence-corrected chi connectivity index (χ0v) is 18.5. The molecule has 1 unspecified atom stereocenters. The minimum Gasteiger partial charge on any atom is -0.494 e. The van der Waals surface area contributed by atoms with Gasteiger partial charge < -0.3 is 20.1 Å². The Morgan fingerprint density at radius 1 is 1.03 bits per heavy atom. The molecule has 0 aliphatic heterocycles. The average Bonchev–Trinajstić information content (AvgIpc) is 2.74. The fourth-order valence-corrected chi connectivity index (χ4v) is 2.77. The Morgan fingerprint density at radius 2 is 1.74 bits per heavy atom. The van der Waals surface area contributed by atoms with Crippen molar-refractivity contribution in [1.29, 1.82) is 0 Å². The molecule has 0 aliphatic carbocycles. The van der Waals surface area contributed by atoms with E-state index < -0.39 is 23.9 Å². The van der Waals surface area contributed by atoms with Crippen molar-refractivity contribution >= 4 is 23.5 Å². The van der Waals surface area contributed by atoms with E-state index in [0.717, 1.165) is 24.0 Å². The van der Waals surface area contributed by atoms with E-state index in [1.807, 2.05) is 26.0 Å². The lowest BCUT2D eigenvalue weighted by Crippen LogP contribution is -2.35. The SMILES string of the molecule is CCCCOc1ccc(C(=O)NCC(=O)OC(C)C(=O)Nc2ccc(C)cc2C)cc1. The van der Waals surface area contributed by atoms with Crippen LogP contribution in [0.3, 0.4) is 0 Å². The average molecular weight is 427 g/mol. The Balaban J connectivity index is 1.78. The first kappa shape index (κ1) is 23.9. The molecule has 1 atom stereocenters. The van der Waals surface area contributed by atoms with Crippen molar-refractivity contribution in [3.8, 4) is 5.75 Å². The summed E-state index contributed by atoms with van der Waals surface area (Å²) in [6.07, 6.45) is 1.01. The number of anilines is 1. The van der Waals surface area contributed by atoms with Crippen molar-refractivity contribution in [3.63, 3.8) is 0 Å². The van der Waals surface area contributed by atoms with Gasteiger partial charge in [0.2, 0.25) is 0 Å². The maximum Gasteiger partial charge on any atom is 0.326 e. The van der Waals surface area contributed by atoms with E-state index >= 15 is 0 Å². The Labute approximate surface area is 183 Å². The Hall–Kier alpha value is -3.35. The molecule has 2 rings (SSSR count). The first-order chi connectivity index (χ1) is 14.8. The highest BCUT2D eigenvalue weighted by Gasteiger charge is 2.19. The number of aryl methyl sites for hydroxylation is 2. The molecule has 2 aromatic carbocycles. The van der Waals surface area contributed by atoms with E-state index in [9.17, 15) is 14.4 Å². The number of ether oxygens (including phenoxy) is 2. The molecule has 0 saturated heterocycles. The molecule has 31 heavy (non-hydrogen) atoms. The fourth-order valence-electron chi connectivity index (χ4n) is 2.77. The number of hydrogen-bond donors (Lipinski definition) is 2. The molecule has 0 heterocycles. The minimum atomic E-state index is -0.996. The number of esters is 1. The second-order valence-electron chi connectivity index (χ2n) is 7.35. The van der Waals surface area contributed by atoms with E-state index in [1.54, 1.807) is 30.3 Å². The molecule has 0 radical (unpaired) electrons. The summed E-state index contributed by atoms with van der Waals surface area (Å²) in [4.78, 5) is 36.5. The smallest absolute Gasteiger partial charge is 0.326 e. The van der Waals surface area contributed by atoms with E-state index in [4.69, 9.17) is 9.47 Å². The quantitative estimate of drug-likeness (QED) is 0.445. The maximum absolute atomic E-state index is 12.3. The molecule has 166 valence electrons. The molecule has 2 N–H and O–H groups in total. The number of carbonyl (C=O) groups excluding carboxylic acids is 3. The number of rotatable bonds is 10. The highest BCUT2D eigenvalue weighted by molar-refractivity contribution is 5.97. The maximum atomic E-state index is 12.3. The number of benzene rings is 2. The van der Waals surface area contributed by atoms with Gasteiger partial charge in [0.05, 0.1) is 6.61 Å². The van der Waals surface area contributed by atoms with Crippen molar-refractivity contribution < 1.29 is 23.9 Å². The van der Waals surface area contributed by atoms with Crippen LogP contribution in [0.15, 0.2) is 42.5 Å². The van der Waals surface area contributed by atoms with Crippen LogP contribution < -0.4 is 15.4 Å². The second-order valence-corrected chi connectivity index (χ2v) is 7.35. The molecular formula is C24H30N2O5. The Morgan fingerprint density at radius 3 is 2.39 bits per heavy atom. The second kappa shape index (κ2) is 11.7. The summed E-state index contributed by atoms with van der Waals surface area (Å²) in [7, 11) is 0. The lowest BCUT2D eigenvalue weighted by atomic mass is 10.1. The zero-order valence-electron chi connectivity index (χ0n) is 18.5. The number of hydrogen-bond acceptors (Lipinski definition) is 5. The van der Waals surface area contributed by atoms with Gasteiger partial charge >= 0.3 is 5.97 Å². The Kier molecular flexibility index (Phi) is 9.06. The third-order valence-corrected chi connectivity index (χ3v) is 4.59. The van der Waals surface area contributed by atoms with Gasteiger partial charge in [-0.1, -0.05) is 31.0 Å². The predicted molar refractivity (Wildman–Crippen MR) is 119 cm³/mol. The standard InChI is InChI=1S/C24H30N2O5/c1-5-6-13-30-20-10-8-19(9-11-20)24(29)25-15-22(27)31-18(4)23(28)26-21-12-7-16(2)14-17(21)3/h7-12,14,18H,5-6,13,15H2,1-4H3,(H,25,29)(H,26,28). The molecule has 7 heteroatoms. The molecule has 7 nitrogen and oxygen atoms in total. The molecule has 0 aliphatic rings. The topological polar surface area (TPSA) is 93.7 Å². The van der Waals surface area contributed by atoms with Crippen LogP contribution >= 0.6 is 0 Å². The molecule has 0 saturated carbocycles. The molecule has 0 bridgehead atoms. The van der Waals surface area contributed by atoms with Crippen molar-refractivity contribution in [2.24, 2.45) is 0 Å². The van der Waals surface area contributed by atoms with Gasteiger partial charge in [-0.25, -0.2) is 0 Å². The minimum absolute atomic E-state index is 0.339. The van der Waals surface area contributed by atoms with Gasteiger partial charge in [0.15, 0.2) is 6.10 Å². The van der Waals surface area contributed by atoms with Gasteiger partial charge in [0, 0.05) is 11.3 Å². The van der Waals surface area contributed by atoms with E-state index in [-0.39, 0.29) is 6.54 Å². The number of amides is 2. The first-order valence-electron chi connectivity index (χ1n) is 10.4. The first-order valence-corrected chi connectivity index (χ1v) is 10.4. The highest BCUT2D eigenvalue weighted by atomic mass is 16.5. The summed E-state index contributed by atoms with van der Waals surface area (Å²) in [6.45, 7) is 7.71. The van der Waals surface area contributed by atoms with Crippen molar-refractivity contribution in [2.45, 2.75) is 46.6 Å². The summed E-state index contributed by atoms with van der Waals surface area (Å²) in [5.41, 5.74) is 3.07. The van der Waals surface area contributed by atoms with Crippen LogP contribution in [0.2, 0.25) is 0 Å². The lowest BCUT2D eigenvalue weighted by Gasteiger charge is -2.15. The molecule has 0 fully saturated rings. The molecule has 0 aromatic heterocycles. The van der Waals surface area contributed by atoms with E-state index in [2.05, 4.69) is 17.6 Å². The fraction of sp³-hybridized carbons (Fsp3) is 0.375. The van der Waals surface area contributed by atoms with Crippen LogP contribution in [-0.4, -0.2) is 37.0 Å². The van der Waals surface area contributed by atoms with Crippen LogP contribution in [0.1, 0.15) is 48.2 Å². The number of nitrogens with one attached hydrogen (secondary N) is 2. The van der Waals surface area contributed by atoms with Gasteiger partial charge in [-0.05, 0) is 63.1 Å². The van der Waals surface area contributed by atoms with Gasteiger partial charge in [0.25, 0.3) is 11.8 Å². The molecule has 0 spiro atoms. The third kappa shape index (κ3) is 7.77. The van der Waals surface area contributed by atoms with E-state index in [0.29, 0.717) is 23.6 Å². The van der Waals surface area contributed by atoms with Crippen LogP contribution in [0.5, 0.6) is 5.75 Å². The zero-order chi connectivity index (χ0) is 22.8. The summed E-state index contributed by atoms with van der Waals surface area (Å²) >= 11 is 0. The van der Waals surface area contributed by atoms with Crippen molar-refractivity contribution in [1.82, 2.24) is 5.32 Å². The van der Waals surface area contributed by atoms with Crippen LogP contribution in [0.4, 0.5) is 5.69 Å². The highest BCUT2D eigenvalue weighted by Crippen LogP contribution is 2.16. The normalized spacial score (nSPS) is 11.4. The van der Waals surface area contributed by atoms with Gasteiger partial charge in [-0.3, -0.25) is 14.4 Å². The lowest BCUT2D eigenvalue weighted by molar-refractivity contribution is -0.152. The monoisotopic (exact) mass is 426 g/mol. The van der Waals surface area contributed by atoms with Gasteiger partial charge in [-0.15, -0.1) is 0 Å². The summed E-state index contributed by atoms with van der Waals surface area (Å²) in [5, 5.41) is 5.24. The number of unbranched alkanes of at least 4 members (excludes halogenated alkanes) is 1. The van der Waals surface area contributed by atoms with Gasteiger partial charge in [-0.2, -0.15) is 0 Å². The van der Waals surface area contributed by atoms with Crippen molar-refractivity contribution in [3.05, 3.63) is 59.2 Å². The van der Waals surface area contributed by atoms with Gasteiger partial charge in [0.1, 0.15) is 12.3 Å². The van der Waals surface area contributed by atoms with E-state index in [1.165, 1.54) is 6.92 Å².